The van der Waals surface area contributed by atoms with Gasteiger partial charge in [-0.25, -0.2) is 4.98 Å². The highest BCUT2D eigenvalue weighted by molar-refractivity contribution is 7.22. The zero-order valence-corrected chi connectivity index (χ0v) is 18.1. The van der Waals surface area contributed by atoms with Crippen LogP contribution in [0.4, 0.5) is 5.13 Å². The average Bonchev–Trinajstić information content (AvgIpc) is 3.17. The fraction of sp³-hybridized carbons (Fsp3) is 0.333. The third-order valence-corrected chi connectivity index (χ3v) is 6.50. The number of ether oxygens (including phenoxy) is 1. The first-order valence-corrected chi connectivity index (χ1v) is 11.1. The summed E-state index contributed by atoms with van der Waals surface area (Å²) in [5, 5.41) is 1.54. The number of amides is 1. The fourth-order valence-electron chi connectivity index (χ4n) is 3.34. The zero-order chi connectivity index (χ0) is 20.2. The summed E-state index contributed by atoms with van der Waals surface area (Å²) in [5.74, 6) is -0.182. The molecule has 152 valence electrons. The lowest BCUT2D eigenvalue weighted by molar-refractivity contribution is 0.0376. The number of halogens is 2. The molecule has 1 aliphatic heterocycles. The summed E-state index contributed by atoms with van der Waals surface area (Å²) in [6.45, 7) is 4.84. The molecular formula is C21H21Cl2N3O2S. The number of anilines is 1. The quantitative estimate of drug-likeness (QED) is 0.532. The summed E-state index contributed by atoms with van der Waals surface area (Å²) in [6, 6.07) is 12.8. The molecule has 0 N–H and O–H groups in total. The highest BCUT2D eigenvalue weighted by Gasteiger charge is 2.24. The molecule has 8 heteroatoms. The Hall–Kier alpha value is -1.70. The molecule has 0 aliphatic carbocycles. The van der Waals surface area contributed by atoms with Gasteiger partial charge in [0.2, 0.25) is 0 Å². The van der Waals surface area contributed by atoms with Crippen LogP contribution in [0, 0.1) is 0 Å². The minimum absolute atomic E-state index is 0.182. The van der Waals surface area contributed by atoms with E-state index in [1.165, 1.54) is 11.3 Å². The number of nitrogens with zero attached hydrogens (tertiary/aromatic N) is 3. The molecule has 0 bridgehead atoms. The highest BCUT2D eigenvalue weighted by atomic mass is 35.5. The van der Waals surface area contributed by atoms with Crippen LogP contribution in [0.5, 0.6) is 0 Å². The Bertz CT molecular complexity index is 972. The molecule has 0 spiro atoms. The van der Waals surface area contributed by atoms with Crippen molar-refractivity contribution in [1.82, 2.24) is 9.88 Å². The van der Waals surface area contributed by atoms with Crippen molar-refractivity contribution in [3.05, 3.63) is 58.1 Å². The third-order valence-electron chi connectivity index (χ3n) is 4.88. The lowest BCUT2D eigenvalue weighted by Crippen LogP contribution is -2.39. The van der Waals surface area contributed by atoms with Crippen LogP contribution < -0.4 is 4.90 Å². The molecule has 2 heterocycles. The Morgan fingerprint density at radius 1 is 1.17 bits per heavy atom. The standard InChI is InChI=1S/C21H21Cl2N3O2S/c22-15-6-7-17(23)16(14-15)20(27)26(9-3-8-25-10-12-28-13-11-25)21-24-18-4-1-2-5-19(18)29-21/h1-2,4-7,14H,3,8-13H2. The topological polar surface area (TPSA) is 45.7 Å². The minimum Gasteiger partial charge on any atom is -0.379 e. The molecule has 0 saturated carbocycles. The Labute approximate surface area is 183 Å². The Morgan fingerprint density at radius 2 is 1.97 bits per heavy atom. The molecule has 1 fully saturated rings. The normalized spacial score (nSPS) is 15.0. The smallest absolute Gasteiger partial charge is 0.261 e. The van der Waals surface area contributed by atoms with E-state index in [1.54, 1.807) is 23.1 Å². The lowest BCUT2D eigenvalue weighted by atomic mass is 10.2. The van der Waals surface area contributed by atoms with E-state index in [1.807, 2.05) is 24.3 Å². The van der Waals surface area contributed by atoms with E-state index in [9.17, 15) is 4.79 Å². The van der Waals surface area contributed by atoms with Gasteiger partial charge in [0, 0.05) is 31.2 Å². The van der Waals surface area contributed by atoms with Crippen molar-refractivity contribution in [2.24, 2.45) is 0 Å². The van der Waals surface area contributed by atoms with Gasteiger partial charge in [-0.3, -0.25) is 14.6 Å². The summed E-state index contributed by atoms with van der Waals surface area (Å²) in [4.78, 5) is 22.2. The first kappa shape index (κ1) is 20.6. The van der Waals surface area contributed by atoms with Crippen LogP contribution in [0.2, 0.25) is 10.0 Å². The van der Waals surface area contributed by atoms with Crippen molar-refractivity contribution in [3.8, 4) is 0 Å². The molecule has 29 heavy (non-hydrogen) atoms. The molecule has 5 nitrogen and oxygen atoms in total. The predicted octanol–water partition coefficient (Wildman–Crippen LogP) is 4.97. The van der Waals surface area contributed by atoms with Crippen molar-refractivity contribution >= 4 is 55.8 Å². The molecule has 1 amide bonds. The third kappa shape index (κ3) is 4.90. The van der Waals surface area contributed by atoms with E-state index in [-0.39, 0.29) is 5.91 Å². The largest absolute Gasteiger partial charge is 0.379 e. The number of para-hydroxylation sites is 1. The van der Waals surface area contributed by atoms with Gasteiger partial charge in [0.05, 0.1) is 34.0 Å². The summed E-state index contributed by atoms with van der Waals surface area (Å²) in [7, 11) is 0. The van der Waals surface area contributed by atoms with Crippen LogP contribution in [0.25, 0.3) is 10.2 Å². The van der Waals surface area contributed by atoms with Gasteiger partial charge < -0.3 is 4.74 Å². The summed E-state index contributed by atoms with van der Waals surface area (Å²) in [6.07, 6.45) is 0.833. The number of benzene rings is 2. The fourth-order valence-corrected chi connectivity index (χ4v) is 4.70. The van der Waals surface area contributed by atoms with Crippen LogP contribution in [0.3, 0.4) is 0 Å². The van der Waals surface area contributed by atoms with E-state index in [2.05, 4.69) is 4.90 Å². The SMILES string of the molecule is O=C(c1cc(Cl)ccc1Cl)N(CCCN1CCOCC1)c1nc2ccccc2s1. The van der Waals surface area contributed by atoms with E-state index >= 15 is 0 Å². The number of thiazole rings is 1. The molecule has 4 rings (SSSR count). The van der Waals surface area contributed by atoms with E-state index < -0.39 is 0 Å². The van der Waals surface area contributed by atoms with Crippen molar-refractivity contribution in [1.29, 1.82) is 0 Å². The molecule has 0 unspecified atom stereocenters. The van der Waals surface area contributed by atoms with Crippen LogP contribution in [-0.2, 0) is 4.74 Å². The first-order chi connectivity index (χ1) is 14.1. The van der Waals surface area contributed by atoms with Crippen LogP contribution in [0.1, 0.15) is 16.8 Å². The van der Waals surface area contributed by atoms with E-state index in [0.29, 0.717) is 27.3 Å². The second-order valence-corrected chi connectivity index (χ2v) is 8.71. The summed E-state index contributed by atoms with van der Waals surface area (Å²) in [5.41, 5.74) is 1.28. The van der Waals surface area contributed by atoms with Gasteiger partial charge >= 0.3 is 0 Å². The minimum atomic E-state index is -0.182. The highest BCUT2D eigenvalue weighted by Crippen LogP contribution is 2.31. The maximum atomic E-state index is 13.4. The molecule has 0 atom stereocenters. The summed E-state index contributed by atoms with van der Waals surface area (Å²) < 4.78 is 6.46. The number of carbonyl (C=O) groups excluding carboxylic acids is 1. The summed E-state index contributed by atoms with van der Waals surface area (Å²) >= 11 is 13.9. The van der Waals surface area contributed by atoms with Crippen molar-refractivity contribution in [2.75, 3.05) is 44.3 Å². The second-order valence-electron chi connectivity index (χ2n) is 6.85. The molecule has 1 aliphatic rings. The van der Waals surface area contributed by atoms with E-state index in [4.69, 9.17) is 32.9 Å². The number of rotatable bonds is 6. The van der Waals surface area contributed by atoms with Gasteiger partial charge in [-0.05, 0) is 36.8 Å². The van der Waals surface area contributed by atoms with Gasteiger partial charge in [-0.15, -0.1) is 0 Å². The molecule has 2 aromatic carbocycles. The van der Waals surface area contributed by atoms with Crippen molar-refractivity contribution < 1.29 is 9.53 Å². The Kier molecular flexibility index (Phi) is 6.67. The molecular weight excluding hydrogens is 429 g/mol. The van der Waals surface area contributed by atoms with Crippen LogP contribution in [0.15, 0.2) is 42.5 Å². The van der Waals surface area contributed by atoms with Gasteiger partial charge in [0.25, 0.3) is 5.91 Å². The van der Waals surface area contributed by atoms with Gasteiger partial charge in [0.15, 0.2) is 5.13 Å². The van der Waals surface area contributed by atoms with Crippen molar-refractivity contribution in [2.45, 2.75) is 6.42 Å². The Morgan fingerprint density at radius 3 is 2.76 bits per heavy atom. The number of fused-ring (bicyclic) bond motifs is 1. The average molecular weight is 450 g/mol. The maximum Gasteiger partial charge on any atom is 0.261 e. The molecule has 1 saturated heterocycles. The van der Waals surface area contributed by atoms with Crippen molar-refractivity contribution in [3.63, 3.8) is 0 Å². The second kappa shape index (κ2) is 9.41. The molecule has 1 aromatic heterocycles. The van der Waals surface area contributed by atoms with Gasteiger partial charge in [0.1, 0.15) is 0 Å². The molecule has 3 aromatic rings. The molecule has 0 radical (unpaired) electrons. The number of hydrogen-bond donors (Lipinski definition) is 0. The zero-order valence-electron chi connectivity index (χ0n) is 15.8. The lowest BCUT2D eigenvalue weighted by Gasteiger charge is -2.27. The van der Waals surface area contributed by atoms with Gasteiger partial charge in [-0.1, -0.05) is 46.7 Å². The van der Waals surface area contributed by atoms with Gasteiger partial charge in [-0.2, -0.15) is 0 Å². The Balaban J connectivity index is 1.59. The number of hydrogen-bond acceptors (Lipinski definition) is 5. The monoisotopic (exact) mass is 449 g/mol. The number of morpholine rings is 1. The first-order valence-electron chi connectivity index (χ1n) is 9.54. The van der Waals surface area contributed by atoms with Crippen LogP contribution >= 0.6 is 34.5 Å². The predicted molar refractivity (Wildman–Crippen MR) is 120 cm³/mol. The van der Waals surface area contributed by atoms with E-state index in [0.717, 1.165) is 49.5 Å². The number of carbonyl (C=O) groups is 1. The maximum absolute atomic E-state index is 13.4. The number of aromatic nitrogens is 1. The van der Waals surface area contributed by atoms with Crippen LogP contribution in [-0.4, -0.2) is 55.2 Å².